The molecule has 1 aliphatic carbocycles. The highest BCUT2D eigenvalue weighted by molar-refractivity contribution is 5.81. The van der Waals surface area contributed by atoms with Crippen LogP contribution in [0, 0.1) is 17.3 Å². The highest BCUT2D eigenvalue weighted by Gasteiger charge is 2.61. The molecule has 2 atom stereocenters. The van der Waals surface area contributed by atoms with Gasteiger partial charge in [-0.3, -0.25) is 4.79 Å². The molecule has 21 heavy (non-hydrogen) atoms. The number of allylic oxidation sites excluding steroid dienone is 2. The van der Waals surface area contributed by atoms with Crippen molar-refractivity contribution in [1.82, 2.24) is 0 Å². The molecule has 0 heterocycles. The van der Waals surface area contributed by atoms with E-state index in [4.69, 9.17) is 9.57 Å². The van der Waals surface area contributed by atoms with E-state index < -0.39 is 5.60 Å². The van der Waals surface area contributed by atoms with Crippen LogP contribution in [0.1, 0.15) is 54.9 Å². The fourth-order valence-corrected chi connectivity index (χ4v) is 2.39. The van der Waals surface area contributed by atoms with Crippen LogP contribution in [0.5, 0.6) is 0 Å². The molecule has 0 aromatic carbocycles. The summed E-state index contributed by atoms with van der Waals surface area (Å²) in [5, 5.41) is 3.91. The molecule has 1 aliphatic rings. The van der Waals surface area contributed by atoms with E-state index in [-0.39, 0.29) is 23.2 Å². The number of rotatable bonds is 6. The lowest BCUT2D eigenvalue weighted by Crippen LogP contribution is -2.26. The molecule has 0 aromatic rings. The van der Waals surface area contributed by atoms with Crippen LogP contribution in [0.2, 0.25) is 0 Å². The molecule has 0 unspecified atom stereocenters. The number of nitrogens with zero attached hydrogens (tertiary/aromatic N) is 1. The van der Waals surface area contributed by atoms with E-state index in [0.29, 0.717) is 6.61 Å². The van der Waals surface area contributed by atoms with Gasteiger partial charge < -0.3 is 9.57 Å². The monoisotopic (exact) mass is 295 g/mol. The average Bonchev–Trinajstić information content (AvgIpc) is 2.84. The summed E-state index contributed by atoms with van der Waals surface area (Å²) < 4.78 is 5.50. The van der Waals surface area contributed by atoms with Crippen molar-refractivity contribution in [1.29, 1.82) is 0 Å². The maximum atomic E-state index is 12.2. The Hall–Kier alpha value is -1.32. The van der Waals surface area contributed by atoms with E-state index in [0.717, 1.165) is 12.0 Å². The van der Waals surface area contributed by atoms with Crippen molar-refractivity contribution in [2.75, 3.05) is 6.61 Å². The Labute approximate surface area is 128 Å². The fourth-order valence-electron chi connectivity index (χ4n) is 2.39. The van der Waals surface area contributed by atoms with Crippen LogP contribution in [0.4, 0.5) is 0 Å². The van der Waals surface area contributed by atoms with Crippen molar-refractivity contribution < 1.29 is 14.4 Å². The lowest BCUT2D eigenvalue weighted by atomic mass is 10.1. The van der Waals surface area contributed by atoms with E-state index in [1.54, 1.807) is 6.21 Å². The second-order valence-electron chi connectivity index (χ2n) is 7.34. The molecule has 1 rings (SSSR count). The zero-order valence-electron chi connectivity index (χ0n) is 14.4. The topological polar surface area (TPSA) is 47.9 Å². The predicted molar refractivity (Wildman–Crippen MR) is 85.1 cm³/mol. The molecule has 0 N–H and O–H groups in total. The summed E-state index contributed by atoms with van der Waals surface area (Å²) >= 11 is 0. The minimum atomic E-state index is -0.436. The van der Waals surface area contributed by atoms with Gasteiger partial charge in [0.2, 0.25) is 0 Å². The Kier molecular flexibility index (Phi) is 5.60. The summed E-state index contributed by atoms with van der Waals surface area (Å²) in [5.74, 6) is 0.0160. The van der Waals surface area contributed by atoms with Crippen molar-refractivity contribution in [2.24, 2.45) is 22.4 Å². The summed E-state index contributed by atoms with van der Waals surface area (Å²) in [7, 11) is 0. The number of carbonyl (C=O) groups excluding carboxylic acids is 1. The molecule has 0 spiro atoms. The predicted octanol–water partition coefficient (Wildman–Crippen LogP) is 3.96. The summed E-state index contributed by atoms with van der Waals surface area (Å²) in [6.45, 7) is 14.5. The molecule has 0 aliphatic heterocycles. The van der Waals surface area contributed by atoms with Gasteiger partial charge in [-0.05, 0) is 51.0 Å². The van der Waals surface area contributed by atoms with Gasteiger partial charge in [-0.15, -0.1) is 0 Å². The van der Waals surface area contributed by atoms with E-state index >= 15 is 0 Å². The van der Waals surface area contributed by atoms with E-state index in [9.17, 15) is 4.79 Å². The molecule has 4 nitrogen and oxygen atoms in total. The van der Waals surface area contributed by atoms with Gasteiger partial charge >= 0.3 is 5.97 Å². The Morgan fingerprint density at radius 2 is 1.95 bits per heavy atom. The van der Waals surface area contributed by atoms with Crippen LogP contribution < -0.4 is 0 Å². The lowest BCUT2D eigenvalue weighted by molar-refractivity contribution is -0.157. The Morgan fingerprint density at radius 3 is 2.48 bits per heavy atom. The first kappa shape index (κ1) is 17.7. The normalized spacial score (nSPS) is 25.0. The molecular formula is C17H29NO3. The Balaban J connectivity index is 2.63. The molecule has 1 fully saturated rings. The first-order valence-electron chi connectivity index (χ1n) is 7.66. The van der Waals surface area contributed by atoms with Crippen LogP contribution in [-0.2, 0) is 14.4 Å². The number of carbonyl (C=O) groups is 1. The molecule has 0 bridgehead atoms. The molecule has 0 aromatic heterocycles. The third kappa shape index (κ3) is 5.18. The van der Waals surface area contributed by atoms with Crippen molar-refractivity contribution in [3.8, 4) is 0 Å². The van der Waals surface area contributed by atoms with E-state index in [2.05, 4.69) is 25.1 Å². The van der Waals surface area contributed by atoms with Gasteiger partial charge in [-0.25, -0.2) is 0 Å². The van der Waals surface area contributed by atoms with Crippen molar-refractivity contribution in [2.45, 2.75) is 60.5 Å². The minimum Gasteiger partial charge on any atom is -0.460 e. The Bertz CT molecular complexity index is 430. The molecule has 0 saturated heterocycles. The lowest BCUT2D eigenvalue weighted by Gasteiger charge is -2.19. The van der Waals surface area contributed by atoms with Gasteiger partial charge in [0, 0.05) is 0 Å². The van der Waals surface area contributed by atoms with Crippen molar-refractivity contribution in [3.63, 3.8) is 0 Å². The zero-order chi connectivity index (χ0) is 16.3. The van der Waals surface area contributed by atoms with Crippen LogP contribution >= 0.6 is 0 Å². The molecule has 0 amide bonds. The van der Waals surface area contributed by atoms with E-state index in [1.165, 1.54) is 0 Å². The fraction of sp³-hybridized carbons (Fsp3) is 0.765. The van der Waals surface area contributed by atoms with Crippen LogP contribution in [-0.4, -0.2) is 24.4 Å². The van der Waals surface area contributed by atoms with Crippen LogP contribution in [0.3, 0.4) is 0 Å². The maximum Gasteiger partial charge on any atom is 0.310 e. The third-order valence-corrected chi connectivity index (χ3v) is 3.64. The summed E-state index contributed by atoms with van der Waals surface area (Å²) in [5.41, 5.74) is 0.520. The standard InChI is InChI=1S/C17H29NO3/c1-8-9-20-18-11-12(2)10-13-14(17(13,6)7)15(19)21-16(3,4)5/h10-11,13-14H,8-9H2,1-7H3/b12-10+,18-11?/t13-,14+/m1/s1. The zero-order valence-corrected chi connectivity index (χ0v) is 14.4. The summed E-state index contributed by atoms with van der Waals surface area (Å²) in [6.07, 6.45) is 4.74. The molecular weight excluding hydrogens is 266 g/mol. The van der Waals surface area contributed by atoms with Gasteiger partial charge in [0.1, 0.15) is 12.2 Å². The number of hydrogen-bond acceptors (Lipinski definition) is 4. The molecule has 0 radical (unpaired) electrons. The van der Waals surface area contributed by atoms with Crippen LogP contribution in [0.25, 0.3) is 0 Å². The highest BCUT2D eigenvalue weighted by Crippen LogP contribution is 2.60. The Morgan fingerprint density at radius 1 is 1.33 bits per heavy atom. The molecule has 4 heteroatoms. The smallest absolute Gasteiger partial charge is 0.310 e. The van der Waals surface area contributed by atoms with Crippen molar-refractivity contribution in [3.05, 3.63) is 11.6 Å². The number of esters is 1. The van der Waals surface area contributed by atoms with Gasteiger partial charge in [0.15, 0.2) is 0 Å². The second kappa shape index (κ2) is 6.63. The summed E-state index contributed by atoms with van der Waals surface area (Å²) in [4.78, 5) is 17.3. The average molecular weight is 295 g/mol. The van der Waals surface area contributed by atoms with Crippen molar-refractivity contribution >= 4 is 12.2 Å². The highest BCUT2D eigenvalue weighted by atomic mass is 16.6. The van der Waals surface area contributed by atoms with Crippen LogP contribution in [0.15, 0.2) is 16.8 Å². The molecule has 1 saturated carbocycles. The minimum absolute atomic E-state index is 0.0539. The third-order valence-electron chi connectivity index (χ3n) is 3.64. The maximum absolute atomic E-state index is 12.2. The van der Waals surface area contributed by atoms with Gasteiger partial charge in [0.25, 0.3) is 0 Å². The quantitative estimate of drug-likeness (QED) is 0.322. The number of oxime groups is 1. The SMILES string of the molecule is CCCON=C/C(C)=C/[C@@H]1[C@@H](C(=O)OC(C)(C)C)C1(C)C. The second-order valence-corrected chi connectivity index (χ2v) is 7.34. The van der Waals surface area contributed by atoms with Gasteiger partial charge in [-0.2, -0.15) is 0 Å². The van der Waals surface area contributed by atoms with Gasteiger partial charge in [0.05, 0.1) is 12.1 Å². The first-order chi connectivity index (χ1) is 9.59. The number of hydrogen-bond donors (Lipinski definition) is 0. The number of ether oxygens (including phenoxy) is 1. The molecule has 120 valence electrons. The first-order valence-corrected chi connectivity index (χ1v) is 7.66. The largest absolute Gasteiger partial charge is 0.460 e. The van der Waals surface area contributed by atoms with E-state index in [1.807, 2.05) is 34.6 Å². The summed E-state index contributed by atoms with van der Waals surface area (Å²) in [6, 6.07) is 0. The van der Waals surface area contributed by atoms with Gasteiger partial charge in [-0.1, -0.05) is 32.0 Å².